The highest BCUT2D eigenvalue weighted by molar-refractivity contribution is 6.32. The lowest BCUT2D eigenvalue weighted by molar-refractivity contribution is 0.174. The van der Waals surface area contributed by atoms with Crippen LogP contribution in [0.4, 0.5) is 5.95 Å². The van der Waals surface area contributed by atoms with Gasteiger partial charge in [-0.25, -0.2) is 9.97 Å². The van der Waals surface area contributed by atoms with E-state index < -0.39 is 0 Å². The van der Waals surface area contributed by atoms with E-state index in [2.05, 4.69) is 19.8 Å². The zero-order valence-corrected chi connectivity index (χ0v) is 13.4. The number of anilines is 1. The molecule has 0 spiro atoms. The first-order valence-corrected chi connectivity index (χ1v) is 8.00. The van der Waals surface area contributed by atoms with E-state index in [1.54, 1.807) is 12.4 Å². The third kappa shape index (κ3) is 3.04. The molecule has 3 heterocycles. The van der Waals surface area contributed by atoms with Gasteiger partial charge in [0.25, 0.3) is 0 Å². The second-order valence-corrected chi connectivity index (χ2v) is 6.03. The Morgan fingerprint density at radius 3 is 2.61 bits per heavy atom. The van der Waals surface area contributed by atoms with Crippen molar-refractivity contribution in [3.05, 3.63) is 41.2 Å². The molecule has 4 rings (SSSR count). The van der Waals surface area contributed by atoms with E-state index in [-0.39, 0.29) is 6.79 Å². The molecule has 1 saturated heterocycles. The van der Waals surface area contributed by atoms with Gasteiger partial charge in [0.2, 0.25) is 12.7 Å². The first kappa shape index (κ1) is 14.5. The highest BCUT2D eigenvalue weighted by atomic mass is 35.5. The monoisotopic (exact) mass is 332 g/mol. The highest BCUT2D eigenvalue weighted by Crippen LogP contribution is 2.40. The fraction of sp³-hybridized carbons (Fsp3) is 0.375. The van der Waals surface area contributed by atoms with E-state index in [9.17, 15) is 0 Å². The van der Waals surface area contributed by atoms with Gasteiger partial charge in [-0.15, -0.1) is 0 Å². The van der Waals surface area contributed by atoms with Gasteiger partial charge in [-0.3, -0.25) is 4.90 Å². The van der Waals surface area contributed by atoms with E-state index in [1.807, 2.05) is 18.2 Å². The topological polar surface area (TPSA) is 50.7 Å². The molecule has 0 saturated carbocycles. The third-order valence-corrected chi connectivity index (χ3v) is 4.38. The molecular formula is C16H17ClN4O2. The summed E-state index contributed by atoms with van der Waals surface area (Å²) in [6, 6.07) is 5.81. The summed E-state index contributed by atoms with van der Waals surface area (Å²) in [6.45, 7) is 4.85. The average Bonchev–Trinajstić information content (AvgIpc) is 3.05. The molecular weight excluding hydrogens is 316 g/mol. The Hall–Kier alpha value is -2.05. The fourth-order valence-corrected chi connectivity index (χ4v) is 3.22. The summed E-state index contributed by atoms with van der Waals surface area (Å²) in [6.07, 6.45) is 3.56. The zero-order chi connectivity index (χ0) is 15.6. The van der Waals surface area contributed by atoms with Gasteiger partial charge >= 0.3 is 0 Å². The summed E-state index contributed by atoms with van der Waals surface area (Å²) in [5, 5.41) is 0.617. The largest absolute Gasteiger partial charge is 0.454 e. The maximum Gasteiger partial charge on any atom is 0.231 e. The molecule has 0 N–H and O–H groups in total. The highest BCUT2D eigenvalue weighted by Gasteiger charge is 2.22. The van der Waals surface area contributed by atoms with E-state index >= 15 is 0 Å². The van der Waals surface area contributed by atoms with Gasteiger partial charge in [0.15, 0.2) is 11.5 Å². The molecule has 2 aliphatic heterocycles. The predicted molar refractivity (Wildman–Crippen MR) is 87.1 cm³/mol. The van der Waals surface area contributed by atoms with Crippen molar-refractivity contribution >= 4 is 17.5 Å². The molecule has 0 aliphatic carbocycles. The molecule has 0 radical (unpaired) electrons. The molecule has 23 heavy (non-hydrogen) atoms. The molecule has 1 aromatic carbocycles. The van der Waals surface area contributed by atoms with Crippen LogP contribution in [0.3, 0.4) is 0 Å². The quantitative estimate of drug-likeness (QED) is 0.858. The molecule has 0 atom stereocenters. The zero-order valence-electron chi connectivity index (χ0n) is 12.6. The lowest BCUT2D eigenvalue weighted by atomic mass is 10.1. The summed E-state index contributed by atoms with van der Waals surface area (Å²) in [7, 11) is 0. The molecule has 1 aromatic heterocycles. The number of benzene rings is 1. The number of aromatic nitrogens is 2. The molecule has 0 amide bonds. The number of nitrogens with zero attached hydrogens (tertiary/aromatic N) is 4. The van der Waals surface area contributed by atoms with Gasteiger partial charge in [0.1, 0.15) is 0 Å². The number of hydrogen-bond acceptors (Lipinski definition) is 6. The number of hydrogen-bond donors (Lipinski definition) is 0. The number of fused-ring (bicyclic) bond motifs is 1. The Bertz CT molecular complexity index is 690. The Kier molecular flexibility index (Phi) is 3.93. The second-order valence-electron chi connectivity index (χ2n) is 5.62. The van der Waals surface area contributed by atoms with Crippen molar-refractivity contribution in [3.63, 3.8) is 0 Å². The Morgan fingerprint density at radius 2 is 1.83 bits per heavy atom. The molecule has 0 unspecified atom stereocenters. The molecule has 6 nitrogen and oxygen atoms in total. The minimum atomic E-state index is 0.244. The van der Waals surface area contributed by atoms with Crippen LogP contribution in [0, 0.1) is 0 Å². The summed E-state index contributed by atoms with van der Waals surface area (Å²) >= 11 is 6.25. The average molecular weight is 333 g/mol. The minimum absolute atomic E-state index is 0.244. The smallest absolute Gasteiger partial charge is 0.231 e. The van der Waals surface area contributed by atoms with Crippen LogP contribution in [-0.2, 0) is 6.54 Å². The number of halogens is 1. The van der Waals surface area contributed by atoms with Crippen molar-refractivity contribution in [2.75, 3.05) is 37.9 Å². The van der Waals surface area contributed by atoms with Crippen molar-refractivity contribution < 1.29 is 9.47 Å². The number of rotatable bonds is 3. The summed E-state index contributed by atoms with van der Waals surface area (Å²) in [5.41, 5.74) is 1.14. The van der Waals surface area contributed by atoms with Gasteiger partial charge in [0, 0.05) is 45.1 Å². The normalized spacial score (nSPS) is 17.5. The van der Waals surface area contributed by atoms with Crippen molar-refractivity contribution in [2.45, 2.75) is 6.54 Å². The van der Waals surface area contributed by atoms with Crippen LogP contribution in [0.5, 0.6) is 11.5 Å². The summed E-state index contributed by atoms with van der Waals surface area (Å²) in [5.74, 6) is 2.20. The van der Waals surface area contributed by atoms with E-state index in [0.29, 0.717) is 10.8 Å². The predicted octanol–water partition coefficient (Wildman–Crippen LogP) is 2.18. The van der Waals surface area contributed by atoms with Crippen LogP contribution in [0.1, 0.15) is 5.56 Å². The van der Waals surface area contributed by atoms with Crippen LogP contribution >= 0.6 is 11.6 Å². The molecule has 0 bridgehead atoms. The van der Waals surface area contributed by atoms with E-state index in [4.69, 9.17) is 21.1 Å². The maximum atomic E-state index is 6.25. The second kappa shape index (κ2) is 6.22. The summed E-state index contributed by atoms with van der Waals surface area (Å²) in [4.78, 5) is 13.2. The van der Waals surface area contributed by atoms with Crippen LogP contribution in [0.15, 0.2) is 30.6 Å². The van der Waals surface area contributed by atoms with Gasteiger partial charge in [-0.2, -0.15) is 0 Å². The molecule has 2 aromatic rings. The lowest BCUT2D eigenvalue weighted by Gasteiger charge is -2.34. The van der Waals surface area contributed by atoms with Gasteiger partial charge in [-0.05, 0) is 23.8 Å². The van der Waals surface area contributed by atoms with Crippen molar-refractivity contribution in [1.82, 2.24) is 14.9 Å². The fourth-order valence-electron chi connectivity index (χ4n) is 2.93. The first-order chi connectivity index (χ1) is 11.3. The van der Waals surface area contributed by atoms with Crippen molar-refractivity contribution in [1.29, 1.82) is 0 Å². The Balaban J connectivity index is 1.39. The van der Waals surface area contributed by atoms with Crippen LogP contribution in [0.25, 0.3) is 0 Å². The summed E-state index contributed by atoms with van der Waals surface area (Å²) < 4.78 is 10.8. The van der Waals surface area contributed by atoms with Crippen LogP contribution < -0.4 is 14.4 Å². The molecule has 120 valence electrons. The van der Waals surface area contributed by atoms with Gasteiger partial charge < -0.3 is 14.4 Å². The first-order valence-electron chi connectivity index (χ1n) is 7.62. The number of piperazine rings is 1. The Morgan fingerprint density at radius 1 is 1.04 bits per heavy atom. The Labute approximate surface area is 139 Å². The van der Waals surface area contributed by atoms with E-state index in [0.717, 1.165) is 50.0 Å². The molecule has 1 fully saturated rings. The molecule has 7 heteroatoms. The van der Waals surface area contributed by atoms with Crippen molar-refractivity contribution in [2.24, 2.45) is 0 Å². The minimum Gasteiger partial charge on any atom is -0.454 e. The van der Waals surface area contributed by atoms with Gasteiger partial charge in [0.05, 0.1) is 5.02 Å². The number of ether oxygens (including phenoxy) is 2. The van der Waals surface area contributed by atoms with Crippen molar-refractivity contribution in [3.8, 4) is 11.5 Å². The van der Waals surface area contributed by atoms with Gasteiger partial charge in [-0.1, -0.05) is 11.6 Å². The molecule has 2 aliphatic rings. The maximum absolute atomic E-state index is 6.25. The van der Waals surface area contributed by atoms with Crippen LogP contribution in [-0.4, -0.2) is 47.8 Å². The SMILES string of the molecule is Clc1cc(CN2CCN(c3ncccn3)CC2)cc2c1OCO2. The van der Waals surface area contributed by atoms with Crippen LogP contribution in [0.2, 0.25) is 5.02 Å². The van der Waals surface area contributed by atoms with E-state index in [1.165, 1.54) is 0 Å². The third-order valence-electron chi connectivity index (χ3n) is 4.10. The lowest BCUT2D eigenvalue weighted by Crippen LogP contribution is -2.46. The standard InChI is InChI=1S/C16H17ClN4O2/c17-13-8-12(9-14-15(13)23-11-22-14)10-20-4-6-21(7-5-20)16-18-2-1-3-19-16/h1-3,8-9H,4-7,10-11H2.